The minimum atomic E-state index is -1.56. The van der Waals surface area contributed by atoms with Crippen LogP contribution in [0.3, 0.4) is 0 Å². The Morgan fingerprint density at radius 2 is 1.52 bits per heavy atom. The summed E-state index contributed by atoms with van der Waals surface area (Å²) in [6, 6.07) is 16.9. The van der Waals surface area contributed by atoms with Crippen molar-refractivity contribution in [1.29, 1.82) is 0 Å². The summed E-state index contributed by atoms with van der Waals surface area (Å²) in [6.07, 6.45) is 1.03. The van der Waals surface area contributed by atoms with Crippen LogP contribution in [-0.4, -0.2) is 41.7 Å². The van der Waals surface area contributed by atoms with Gasteiger partial charge in [-0.3, -0.25) is 19.2 Å². The standard InChI is InChI=1S/C25H21NO7/c1-14(27)31-24(32-15(2)28)25-13-12-19(33-25)20-21(25)23(30)26(22(20)29)18-10-8-17(9-11-18)16-6-4-3-5-7-16/h3-13,19-21,24H,1-2H3. The first kappa shape index (κ1) is 21.1. The lowest BCUT2D eigenvalue weighted by atomic mass is 9.76. The van der Waals surface area contributed by atoms with Gasteiger partial charge in [0.15, 0.2) is 5.60 Å². The molecule has 0 spiro atoms. The second-order valence-electron chi connectivity index (χ2n) is 8.27. The van der Waals surface area contributed by atoms with E-state index in [-0.39, 0.29) is 0 Å². The summed E-state index contributed by atoms with van der Waals surface area (Å²) >= 11 is 0. The van der Waals surface area contributed by atoms with Crippen LogP contribution in [0.15, 0.2) is 66.7 Å². The molecule has 0 N–H and O–H groups in total. The third-order valence-electron chi connectivity index (χ3n) is 6.22. The average Bonchev–Trinajstić information content (AvgIpc) is 3.44. The number of hydrogen-bond acceptors (Lipinski definition) is 7. The Morgan fingerprint density at radius 1 is 0.909 bits per heavy atom. The lowest BCUT2D eigenvalue weighted by molar-refractivity contribution is -0.226. The van der Waals surface area contributed by atoms with Gasteiger partial charge >= 0.3 is 11.9 Å². The maximum Gasteiger partial charge on any atom is 0.305 e. The number of ether oxygens (including phenoxy) is 3. The number of rotatable bonds is 5. The average molecular weight is 447 g/mol. The molecule has 2 aromatic carbocycles. The molecule has 0 aliphatic carbocycles. The van der Waals surface area contributed by atoms with E-state index < -0.39 is 53.6 Å². The van der Waals surface area contributed by atoms with Gasteiger partial charge in [0.25, 0.3) is 6.29 Å². The van der Waals surface area contributed by atoms with E-state index in [1.807, 2.05) is 42.5 Å². The van der Waals surface area contributed by atoms with Crippen LogP contribution >= 0.6 is 0 Å². The molecular formula is C25H21NO7. The van der Waals surface area contributed by atoms with Gasteiger partial charge in [0.2, 0.25) is 11.8 Å². The van der Waals surface area contributed by atoms with Crippen molar-refractivity contribution in [2.24, 2.45) is 11.8 Å². The Kier molecular flexibility index (Phi) is 4.90. The van der Waals surface area contributed by atoms with Crippen LogP contribution in [-0.2, 0) is 33.4 Å². The maximum absolute atomic E-state index is 13.5. The molecule has 2 bridgehead atoms. The van der Waals surface area contributed by atoms with Gasteiger partial charge in [-0.15, -0.1) is 0 Å². The van der Waals surface area contributed by atoms with Crippen molar-refractivity contribution < 1.29 is 33.4 Å². The van der Waals surface area contributed by atoms with Gasteiger partial charge in [0.1, 0.15) is 0 Å². The van der Waals surface area contributed by atoms with Gasteiger partial charge in [0, 0.05) is 13.8 Å². The lowest BCUT2D eigenvalue weighted by Crippen LogP contribution is -2.52. The first-order valence-electron chi connectivity index (χ1n) is 10.6. The summed E-state index contributed by atoms with van der Waals surface area (Å²) in [5.74, 6) is -4.09. The minimum absolute atomic E-state index is 0.405. The highest BCUT2D eigenvalue weighted by atomic mass is 16.7. The van der Waals surface area contributed by atoms with Gasteiger partial charge in [-0.05, 0) is 29.3 Å². The van der Waals surface area contributed by atoms with Crippen LogP contribution in [0.1, 0.15) is 13.8 Å². The van der Waals surface area contributed by atoms with Crippen LogP contribution in [0.4, 0.5) is 5.69 Å². The third kappa shape index (κ3) is 3.25. The number of carbonyl (C=O) groups is 4. The summed E-state index contributed by atoms with van der Waals surface area (Å²) in [7, 11) is 0. The molecule has 2 aromatic rings. The first-order chi connectivity index (χ1) is 15.8. The Morgan fingerprint density at radius 3 is 2.12 bits per heavy atom. The molecule has 3 heterocycles. The van der Waals surface area contributed by atoms with Gasteiger partial charge in [0.05, 0.1) is 23.6 Å². The monoisotopic (exact) mass is 447 g/mol. The Hall–Kier alpha value is -3.78. The van der Waals surface area contributed by atoms with Crippen molar-refractivity contribution in [2.45, 2.75) is 31.8 Å². The van der Waals surface area contributed by atoms with Crippen molar-refractivity contribution in [1.82, 2.24) is 0 Å². The number of carbonyl (C=O) groups excluding carboxylic acids is 4. The van der Waals surface area contributed by atoms with Crippen molar-refractivity contribution in [3.63, 3.8) is 0 Å². The van der Waals surface area contributed by atoms with Crippen LogP contribution in [0.25, 0.3) is 11.1 Å². The summed E-state index contributed by atoms with van der Waals surface area (Å²) in [6.45, 7) is 2.33. The van der Waals surface area contributed by atoms with E-state index in [0.29, 0.717) is 5.69 Å². The summed E-state index contributed by atoms with van der Waals surface area (Å²) in [5, 5.41) is 0. The fourth-order valence-corrected chi connectivity index (χ4v) is 4.90. The number of amides is 2. The van der Waals surface area contributed by atoms with E-state index in [9.17, 15) is 19.2 Å². The topological polar surface area (TPSA) is 99.2 Å². The molecule has 5 rings (SSSR count). The summed E-state index contributed by atoms with van der Waals surface area (Å²) in [5.41, 5.74) is 0.841. The molecule has 168 valence electrons. The largest absolute Gasteiger partial charge is 0.422 e. The highest BCUT2D eigenvalue weighted by Crippen LogP contribution is 2.54. The molecule has 8 heteroatoms. The van der Waals surface area contributed by atoms with Crippen LogP contribution in [0.5, 0.6) is 0 Å². The van der Waals surface area contributed by atoms with E-state index in [4.69, 9.17) is 14.2 Å². The quantitative estimate of drug-likeness (QED) is 0.301. The van der Waals surface area contributed by atoms with Crippen molar-refractivity contribution in [3.8, 4) is 11.1 Å². The number of anilines is 1. The molecule has 4 unspecified atom stereocenters. The maximum atomic E-state index is 13.5. The molecule has 3 aliphatic heterocycles. The van der Waals surface area contributed by atoms with E-state index >= 15 is 0 Å². The summed E-state index contributed by atoms with van der Waals surface area (Å²) in [4.78, 5) is 51.4. The molecule has 0 radical (unpaired) electrons. The highest BCUT2D eigenvalue weighted by Gasteiger charge is 2.72. The zero-order chi connectivity index (χ0) is 23.3. The predicted molar refractivity (Wildman–Crippen MR) is 115 cm³/mol. The van der Waals surface area contributed by atoms with Crippen LogP contribution < -0.4 is 4.90 Å². The Labute approximate surface area is 189 Å². The molecule has 3 aliphatic rings. The number of fused-ring (bicyclic) bond motifs is 5. The molecule has 2 fully saturated rings. The fraction of sp³-hybridized carbons (Fsp3) is 0.280. The second kappa shape index (κ2) is 7.67. The number of hydrogen-bond donors (Lipinski definition) is 0. The zero-order valence-corrected chi connectivity index (χ0v) is 18.0. The highest BCUT2D eigenvalue weighted by molar-refractivity contribution is 6.23. The SMILES string of the molecule is CC(=O)OC(OC(C)=O)C12C=CC(O1)C1C(=O)N(c3ccc(-c4ccccc4)cc3)C(=O)C12. The smallest absolute Gasteiger partial charge is 0.305 e. The minimum Gasteiger partial charge on any atom is -0.422 e. The Balaban J connectivity index is 1.48. The molecule has 2 saturated heterocycles. The number of imide groups is 1. The molecule has 0 aromatic heterocycles. The zero-order valence-electron chi connectivity index (χ0n) is 18.0. The molecule has 8 nitrogen and oxygen atoms in total. The number of nitrogens with zero attached hydrogens (tertiary/aromatic N) is 1. The van der Waals surface area contributed by atoms with Crippen molar-refractivity contribution in [2.75, 3.05) is 4.90 Å². The predicted octanol–water partition coefficient (Wildman–Crippen LogP) is 2.62. The van der Waals surface area contributed by atoms with E-state index in [1.165, 1.54) is 0 Å². The first-order valence-corrected chi connectivity index (χ1v) is 10.6. The van der Waals surface area contributed by atoms with Gasteiger partial charge < -0.3 is 14.2 Å². The van der Waals surface area contributed by atoms with Crippen molar-refractivity contribution in [3.05, 3.63) is 66.7 Å². The summed E-state index contributed by atoms with van der Waals surface area (Å²) < 4.78 is 16.4. The molecule has 0 saturated carbocycles. The lowest BCUT2D eigenvalue weighted by Gasteiger charge is -2.34. The van der Waals surface area contributed by atoms with E-state index in [2.05, 4.69) is 0 Å². The van der Waals surface area contributed by atoms with Gasteiger partial charge in [-0.1, -0.05) is 48.5 Å². The third-order valence-corrected chi connectivity index (χ3v) is 6.22. The van der Waals surface area contributed by atoms with E-state index in [0.717, 1.165) is 29.9 Å². The second-order valence-corrected chi connectivity index (χ2v) is 8.27. The molecule has 2 amide bonds. The van der Waals surface area contributed by atoms with E-state index in [1.54, 1.807) is 24.3 Å². The van der Waals surface area contributed by atoms with Crippen molar-refractivity contribution >= 4 is 29.4 Å². The molecule has 33 heavy (non-hydrogen) atoms. The van der Waals surface area contributed by atoms with Gasteiger partial charge in [-0.25, -0.2) is 4.90 Å². The molecule has 4 atom stereocenters. The normalized spacial score (nSPS) is 27.2. The van der Waals surface area contributed by atoms with Crippen LogP contribution in [0, 0.1) is 11.8 Å². The molecular weight excluding hydrogens is 426 g/mol. The van der Waals surface area contributed by atoms with Crippen LogP contribution in [0.2, 0.25) is 0 Å². The number of benzene rings is 2. The number of esters is 2. The fourth-order valence-electron chi connectivity index (χ4n) is 4.90. The van der Waals surface area contributed by atoms with Gasteiger partial charge in [-0.2, -0.15) is 0 Å². The Bertz CT molecular complexity index is 1160.